The number of nitro groups is 1. The molecule has 38 heavy (non-hydrogen) atoms. The predicted octanol–water partition coefficient (Wildman–Crippen LogP) is 8.22. The number of halogens is 1. The quantitative estimate of drug-likeness (QED) is 0.159. The highest BCUT2D eigenvalue weighted by Gasteiger charge is 2.15. The van der Waals surface area contributed by atoms with Gasteiger partial charge in [0.1, 0.15) is 23.1 Å². The maximum atomic E-state index is 13.3. The molecule has 0 fully saturated rings. The van der Waals surface area contributed by atoms with Gasteiger partial charge in [0.2, 0.25) is 0 Å². The number of nitro benzene ring substituents is 1. The van der Waals surface area contributed by atoms with Crippen molar-refractivity contribution in [3.8, 4) is 22.9 Å². The first-order chi connectivity index (χ1) is 18.5. The molecule has 0 atom stereocenters. The number of aryl methyl sites for hydroxylation is 1. The summed E-state index contributed by atoms with van der Waals surface area (Å²) in [7, 11) is 0. The second-order valence-electron chi connectivity index (χ2n) is 8.87. The minimum atomic E-state index is -0.494. The Hall–Kier alpha value is -4.85. The van der Waals surface area contributed by atoms with E-state index in [0.29, 0.717) is 23.1 Å². The normalized spacial score (nSPS) is 10.9. The number of benzene rings is 4. The molecular formula is C30H25FN4O3. The van der Waals surface area contributed by atoms with Gasteiger partial charge >= 0.3 is 0 Å². The molecule has 7 nitrogen and oxygen atoms in total. The maximum Gasteiger partial charge on any atom is 0.275 e. The molecule has 5 rings (SSSR count). The lowest BCUT2D eigenvalue weighted by molar-refractivity contribution is -0.384. The third-order valence-corrected chi connectivity index (χ3v) is 6.05. The van der Waals surface area contributed by atoms with E-state index in [1.807, 2.05) is 36.4 Å². The van der Waals surface area contributed by atoms with Crippen LogP contribution >= 0.6 is 0 Å². The van der Waals surface area contributed by atoms with Crippen molar-refractivity contribution in [1.82, 2.24) is 9.97 Å². The molecule has 0 unspecified atom stereocenters. The molecule has 0 radical (unpaired) electrons. The number of hydrogen-bond acceptors (Lipinski definition) is 6. The third-order valence-electron chi connectivity index (χ3n) is 6.05. The number of nitrogens with one attached hydrogen (secondary N) is 1. The van der Waals surface area contributed by atoms with Crippen LogP contribution in [-0.4, -0.2) is 14.9 Å². The van der Waals surface area contributed by atoms with Gasteiger partial charge in [-0.3, -0.25) is 10.1 Å². The standard InChI is InChI=1S/C30H25FN4O3/c1-2-3-6-20-9-11-21(12-10-20)29-33-28-8-5-4-7-27(28)30(34-29)32-23-17-24(35(36)37)19-26(18-23)38-25-15-13-22(31)14-16-25/h4-5,7-19H,2-3,6H2,1H3,(H,32,33,34). The van der Waals surface area contributed by atoms with Gasteiger partial charge in [-0.15, -0.1) is 0 Å². The van der Waals surface area contributed by atoms with E-state index in [2.05, 4.69) is 24.4 Å². The molecule has 190 valence electrons. The number of nitrogens with zero attached hydrogens (tertiary/aromatic N) is 3. The molecule has 0 saturated carbocycles. The molecule has 0 aliphatic rings. The van der Waals surface area contributed by atoms with Gasteiger partial charge in [0.15, 0.2) is 5.82 Å². The van der Waals surface area contributed by atoms with E-state index >= 15 is 0 Å². The van der Waals surface area contributed by atoms with Crippen LogP contribution in [0.25, 0.3) is 22.3 Å². The second-order valence-corrected chi connectivity index (χ2v) is 8.87. The molecule has 0 saturated heterocycles. The summed E-state index contributed by atoms with van der Waals surface area (Å²) in [6.45, 7) is 2.17. The largest absolute Gasteiger partial charge is 0.457 e. The smallest absolute Gasteiger partial charge is 0.275 e. The van der Waals surface area contributed by atoms with Crippen LogP contribution < -0.4 is 10.1 Å². The fourth-order valence-corrected chi connectivity index (χ4v) is 4.10. The van der Waals surface area contributed by atoms with Gasteiger partial charge in [-0.05, 0) is 54.8 Å². The summed E-state index contributed by atoms with van der Waals surface area (Å²) in [6.07, 6.45) is 3.30. The topological polar surface area (TPSA) is 90.2 Å². The second kappa shape index (κ2) is 11.0. The summed E-state index contributed by atoms with van der Waals surface area (Å²) in [5.41, 5.74) is 3.14. The van der Waals surface area contributed by atoms with Crippen LogP contribution in [0.3, 0.4) is 0 Å². The molecule has 0 aliphatic carbocycles. The Balaban J connectivity index is 1.51. The van der Waals surface area contributed by atoms with Gasteiger partial charge in [-0.2, -0.15) is 0 Å². The monoisotopic (exact) mass is 508 g/mol. The number of unbranched alkanes of at least 4 members (excludes halogenated alkanes) is 1. The van der Waals surface area contributed by atoms with E-state index in [4.69, 9.17) is 14.7 Å². The Bertz CT molecular complexity index is 1590. The number of ether oxygens (including phenoxy) is 1. The molecule has 8 heteroatoms. The van der Waals surface area contributed by atoms with Crippen molar-refractivity contribution in [2.75, 3.05) is 5.32 Å². The van der Waals surface area contributed by atoms with Gasteiger partial charge in [-0.25, -0.2) is 14.4 Å². The van der Waals surface area contributed by atoms with E-state index in [1.54, 1.807) is 6.07 Å². The number of para-hydroxylation sites is 1. The van der Waals surface area contributed by atoms with Crippen molar-refractivity contribution in [3.05, 3.63) is 112 Å². The molecule has 1 aromatic heterocycles. The lowest BCUT2D eigenvalue weighted by Gasteiger charge is -2.13. The number of non-ortho nitro benzene ring substituents is 1. The van der Waals surface area contributed by atoms with Crippen molar-refractivity contribution in [2.24, 2.45) is 0 Å². The van der Waals surface area contributed by atoms with Crippen LogP contribution in [0, 0.1) is 15.9 Å². The summed E-state index contributed by atoms with van der Waals surface area (Å²) in [4.78, 5) is 20.7. The molecular weight excluding hydrogens is 483 g/mol. The molecule has 0 spiro atoms. The van der Waals surface area contributed by atoms with E-state index < -0.39 is 10.7 Å². The highest BCUT2D eigenvalue weighted by atomic mass is 19.1. The molecule has 1 heterocycles. The van der Waals surface area contributed by atoms with E-state index in [1.165, 1.54) is 42.0 Å². The Morgan fingerprint density at radius 2 is 1.68 bits per heavy atom. The Kier molecular flexibility index (Phi) is 7.21. The zero-order valence-electron chi connectivity index (χ0n) is 20.7. The third kappa shape index (κ3) is 5.75. The zero-order chi connectivity index (χ0) is 26.5. The van der Waals surface area contributed by atoms with Crippen molar-refractivity contribution in [1.29, 1.82) is 0 Å². The maximum absolute atomic E-state index is 13.3. The molecule has 1 N–H and O–H groups in total. The molecule has 0 bridgehead atoms. The van der Waals surface area contributed by atoms with Crippen LogP contribution in [0.5, 0.6) is 11.5 Å². The Labute approximate surface area is 219 Å². The summed E-state index contributed by atoms with van der Waals surface area (Å²) < 4.78 is 19.1. The first-order valence-corrected chi connectivity index (χ1v) is 12.3. The van der Waals surface area contributed by atoms with Gasteiger partial charge in [0.05, 0.1) is 22.2 Å². The molecule has 5 aromatic rings. The van der Waals surface area contributed by atoms with Crippen LogP contribution in [0.1, 0.15) is 25.3 Å². The summed E-state index contributed by atoms with van der Waals surface area (Å²) in [5, 5.41) is 15.6. The van der Waals surface area contributed by atoms with Crippen molar-refractivity contribution in [3.63, 3.8) is 0 Å². The first kappa shape index (κ1) is 24.8. The first-order valence-electron chi connectivity index (χ1n) is 12.3. The summed E-state index contributed by atoms with van der Waals surface area (Å²) >= 11 is 0. The number of anilines is 2. The lowest BCUT2D eigenvalue weighted by atomic mass is 10.1. The SMILES string of the molecule is CCCCc1ccc(-c2nc(Nc3cc(Oc4ccc(F)cc4)cc([N+](=O)[O-])c3)c3ccccc3n2)cc1. The molecule has 0 aliphatic heterocycles. The highest BCUT2D eigenvalue weighted by Crippen LogP contribution is 2.33. The van der Waals surface area contributed by atoms with Gasteiger partial charge < -0.3 is 10.1 Å². The Morgan fingerprint density at radius 3 is 2.42 bits per heavy atom. The summed E-state index contributed by atoms with van der Waals surface area (Å²) in [5.74, 6) is 1.24. The minimum absolute atomic E-state index is 0.159. The lowest BCUT2D eigenvalue weighted by Crippen LogP contribution is -2.01. The minimum Gasteiger partial charge on any atom is -0.457 e. The fourth-order valence-electron chi connectivity index (χ4n) is 4.10. The van der Waals surface area contributed by atoms with Crippen molar-refractivity contribution in [2.45, 2.75) is 26.2 Å². The number of fused-ring (bicyclic) bond motifs is 1. The number of hydrogen-bond donors (Lipinski definition) is 1. The average Bonchev–Trinajstić information content (AvgIpc) is 2.93. The van der Waals surface area contributed by atoms with Gasteiger partial charge in [0, 0.05) is 23.1 Å². The number of aromatic nitrogens is 2. The summed E-state index contributed by atoms with van der Waals surface area (Å²) in [6, 6.07) is 25.6. The van der Waals surface area contributed by atoms with Crippen LogP contribution in [-0.2, 0) is 6.42 Å². The van der Waals surface area contributed by atoms with E-state index in [9.17, 15) is 14.5 Å². The fraction of sp³-hybridized carbons (Fsp3) is 0.133. The van der Waals surface area contributed by atoms with Gasteiger partial charge in [0.25, 0.3) is 5.69 Å². The zero-order valence-corrected chi connectivity index (χ0v) is 20.7. The highest BCUT2D eigenvalue weighted by molar-refractivity contribution is 5.92. The van der Waals surface area contributed by atoms with Crippen molar-refractivity contribution < 1.29 is 14.1 Å². The van der Waals surface area contributed by atoms with Crippen LogP contribution in [0.15, 0.2) is 91.0 Å². The van der Waals surface area contributed by atoms with E-state index in [-0.39, 0.29) is 11.4 Å². The molecule has 0 amide bonds. The number of rotatable bonds is 9. The van der Waals surface area contributed by atoms with E-state index in [0.717, 1.165) is 35.7 Å². The van der Waals surface area contributed by atoms with Gasteiger partial charge in [-0.1, -0.05) is 49.7 Å². The van der Waals surface area contributed by atoms with Crippen molar-refractivity contribution >= 4 is 28.1 Å². The average molecular weight is 509 g/mol. The van der Waals surface area contributed by atoms with Crippen LogP contribution in [0.2, 0.25) is 0 Å². The predicted molar refractivity (Wildman–Crippen MR) is 146 cm³/mol. The van der Waals surface area contributed by atoms with Crippen LogP contribution in [0.4, 0.5) is 21.6 Å². The Morgan fingerprint density at radius 1 is 0.921 bits per heavy atom. The molecule has 4 aromatic carbocycles.